The van der Waals surface area contributed by atoms with Crippen LogP contribution in [0.4, 0.5) is 0 Å². The Kier molecular flexibility index (Phi) is 10.1. The van der Waals surface area contributed by atoms with Gasteiger partial charge in [-0.15, -0.1) is 0 Å². The van der Waals surface area contributed by atoms with Gasteiger partial charge in [0.2, 0.25) is 0 Å². The van der Waals surface area contributed by atoms with Gasteiger partial charge in [0, 0.05) is 42.8 Å². The van der Waals surface area contributed by atoms with Gasteiger partial charge < -0.3 is 10.2 Å². The zero-order valence-corrected chi connectivity index (χ0v) is 21.4. The van der Waals surface area contributed by atoms with Crippen LogP contribution in [-0.4, -0.2) is 67.7 Å². The van der Waals surface area contributed by atoms with E-state index >= 15 is 0 Å². The van der Waals surface area contributed by atoms with Crippen LogP contribution in [0.5, 0.6) is 0 Å². The Balaban J connectivity index is 0.000000562. The zero-order valence-electron chi connectivity index (χ0n) is 18.4. The number of carboxylic acid groups (broad SMARTS) is 2. The minimum Gasteiger partial charge on any atom is -0.480 e. The molecule has 2 rings (SSSR count). The summed E-state index contributed by atoms with van der Waals surface area (Å²) in [5.41, 5.74) is 0.568. The molecule has 10 nitrogen and oxygen atoms in total. The molecule has 0 aromatic carbocycles. The number of imide groups is 2. The molecule has 2 heterocycles. The molecule has 0 saturated carbocycles. The summed E-state index contributed by atoms with van der Waals surface area (Å²) in [6.07, 6.45) is 2.33. The molecular weight excluding hydrogens is 462 g/mol. The topological polar surface area (TPSA) is 149 Å². The van der Waals surface area contributed by atoms with Gasteiger partial charge >= 0.3 is 11.9 Å². The van der Waals surface area contributed by atoms with E-state index in [2.05, 4.69) is 0 Å². The van der Waals surface area contributed by atoms with E-state index < -0.39 is 47.7 Å². The minimum absolute atomic E-state index is 0. The Labute approximate surface area is 192 Å². The summed E-state index contributed by atoms with van der Waals surface area (Å²) in [4.78, 5) is 69.4. The summed E-state index contributed by atoms with van der Waals surface area (Å²) in [5, 5.41) is 17.9. The largest absolute Gasteiger partial charge is 0.480 e. The monoisotopic (exact) mass is 486 g/mol. The van der Waals surface area contributed by atoms with Crippen LogP contribution in [0.3, 0.4) is 0 Å². The van der Waals surface area contributed by atoms with E-state index in [1.807, 2.05) is 0 Å². The number of carbonyl (C=O) groups is 6. The molecule has 166 valence electrons. The van der Waals surface area contributed by atoms with Crippen molar-refractivity contribution in [2.45, 2.75) is 53.6 Å². The number of carbonyl (C=O) groups excluding carboxylic acids is 4. The molecule has 2 aliphatic rings. The molecule has 2 aliphatic heterocycles. The molecule has 2 atom stereocenters. The maximum absolute atomic E-state index is 11.5. The molecule has 31 heavy (non-hydrogen) atoms. The van der Waals surface area contributed by atoms with Crippen LogP contribution in [0.25, 0.3) is 0 Å². The van der Waals surface area contributed by atoms with Crippen LogP contribution in [0, 0.1) is 11.8 Å². The fraction of sp³-hybridized carbons (Fsp3) is 0.500. The number of amides is 4. The van der Waals surface area contributed by atoms with Gasteiger partial charge in [0.15, 0.2) is 0 Å². The standard InChI is InChI=1S/2C10H13NO4.Zn/c2*1-5(2)8(10(14)15)11-7(12)4-6(3)9(11)13;/h2*4-5,8H,1-3H3,(H,14,15);. The predicted molar refractivity (Wildman–Crippen MR) is 104 cm³/mol. The molecule has 0 radical (unpaired) electrons. The first-order chi connectivity index (χ1) is 13.7. The van der Waals surface area contributed by atoms with Crippen LogP contribution >= 0.6 is 0 Å². The average molecular weight is 488 g/mol. The molecule has 0 saturated heterocycles. The second-order valence-corrected chi connectivity index (χ2v) is 7.74. The number of carboxylic acids is 2. The van der Waals surface area contributed by atoms with Crippen molar-refractivity contribution in [2.75, 3.05) is 0 Å². The summed E-state index contributed by atoms with van der Waals surface area (Å²) in [7, 11) is 0. The van der Waals surface area contributed by atoms with Crippen LogP contribution < -0.4 is 0 Å². The summed E-state index contributed by atoms with van der Waals surface area (Å²) >= 11 is 0. The van der Waals surface area contributed by atoms with E-state index in [1.165, 1.54) is 26.0 Å². The van der Waals surface area contributed by atoms with Crippen LogP contribution in [0.2, 0.25) is 0 Å². The first-order valence-electron chi connectivity index (χ1n) is 9.29. The van der Waals surface area contributed by atoms with Gasteiger partial charge in [0.1, 0.15) is 12.1 Å². The third-order valence-corrected chi connectivity index (χ3v) is 4.59. The molecule has 0 aromatic heterocycles. The van der Waals surface area contributed by atoms with E-state index in [9.17, 15) is 28.8 Å². The molecule has 0 aromatic rings. The van der Waals surface area contributed by atoms with Gasteiger partial charge in [-0.1, -0.05) is 27.7 Å². The number of rotatable bonds is 6. The molecule has 0 spiro atoms. The third kappa shape index (κ3) is 6.16. The number of hydrogen-bond acceptors (Lipinski definition) is 6. The number of aliphatic carboxylic acids is 2. The zero-order chi connectivity index (χ0) is 23.5. The van der Waals surface area contributed by atoms with Crippen molar-refractivity contribution in [2.24, 2.45) is 11.8 Å². The summed E-state index contributed by atoms with van der Waals surface area (Å²) in [5.74, 6) is -5.05. The maximum atomic E-state index is 11.5. The van der Waals surface area contributed by atoms with Crippen molar-refractivity contribution in [1.29, 1.82) is 0 Å². The van der Waals surface area contributed by atoms with Crippen molar-refractivity contribution in [3.05, 3.63) is 23.3 Å². The Morgan fingerprint density at radius 2 is 0.968 bits per heavy atom. The number of hydrogen-bond donors (Lipinski definition) is 2. The second kappa shape index (κ2) is 11.1. The molecule has 0 aliphatic carbocycles. The second-order valence-electron chi connectivity index (χ2n) is 7.74. The van der Waals surface area contributed by atoms with E-state index in [0.29, 0.717) is 0 Å². The summed E-state index contributed by atoms with van der Waals surface area (Å²) < 4.78 is 0. The van der Waals surface area contributed by atoms with Crippen molar-refractivity contribution >= 4 is 35.6 Å². The van der Waals surface area contributed by atoms with Gasteiger partial charge in [-0.05, 0) is 25.7 Å². The molecule has 11 heteroatoms. The number of nitrogens with zero attached hydrogens (tertiary/aromatic N) is 2. The van der Waals surface area contributed by atoms with Crippen molar-refractivity contribution < 1.29 is 58.5 Å². The van der Waals surface area contributed by atoms with Crippen molar-refractivity contribution in [3.63, 3.8) is 0 Å². The Bertz CT molecular complexity index is 789. The van der Waals surface area contributed by atoms with Gasteiger partial charge in [-0.3, -0.25) is 29.0 Å². The average Bonchev–Trinajstić information content (AvgIpc) is 2.98. The van der Waals surface area contributed by atoms with Gasteiger partial charge in [-0.25, -0.2) is 9.59 Å². The van der Waals surface area contributed by atoms with Crippen LogP contribution in [-0.2, 0) is 48.2 Å². The van der Waals surface area contributed by atoms with E-state index in [4.69, 9.17) is 10.2 Å². The first-order valence-corrected chi connectivity index (χ1v) is 9.29. The Morgan fingerprint density at radius 1 is 0.710 bits per heavy atom. The molecule has 2 N–H and O–H groups in total. The molecule has 0 bridgehead atoms. The van der Waals surface area contributed by atoms with Gasteiger partial charge in [0.05, 0.1) is 0 Å². The first kappa shape index (κ1) is 28.3. The van der Waals surface area contributed by atoms with E-state index in [1.54, 1.807) is 27.7 Å². The quantitative estimate of drug-likeness (QED) is 0.413. The van der Waals surface area contributed by atoms with Crippen molar-refractivity contribution in [3.8, 4) is 0 Å². The summed E-state index contributed by atoms with van der Waals surface area (Å²) in [6, 6.07) is -2.17. The van der Waals surface area contributed by atoms with E-state index in [0.717, 1.165) is 9.80 Å². The fourth-order valence-corrected chi connectivity index (χ4v) is 3.13. The molecule has 2 unspecified atom stereocenters. The fourth-order valence-electron chi connectivity index (χ4n) is 3.13. The van der Waals surface area contributed by atoms with E-state index in [-0.39, 0.29) is 42.5 Å². The molecule has 4 amide bonds. The third-order valence-electron chi connectivity index (χ3n) is 4.59. The predicted octanol–water partition coefficient (Wildman–Crippen LogP) is 0.819. The SMILES string of the molecule is CC1=CC(=O)N(C(C(=O)O)C(C)C)C1=O.CC1=CC(=O)N(C(C(=O)O)C(C)C)C1=O.[Zn]. The molecular formula is C20H26N2O8Zn. The summed E-state index contributed by atoms with van der Waals surface area (Å²) in [6.45, 7) is 9.64. The normalized spacial score (nSPS) is 17.8. The van der Waals surface area contributed by atoms with Crippen molar-refractivity contribution in [1.82, 2.24) is 9.80 Å². The van der Waals surface area contributed by atoms with Crippen LogP contribution in [0.15, 0.2) is 23.3 Å². The smallest absolute Gasteiger partial charge is 0.327 e. The maximum Gasteiger partial charge on any atom is 0.327 e. The Morgan fingerprint density at radius 3 is 1.10 bits per heavy atom. The van der Waals surface area contributed by atoms with Gasteiger partial charge in [-0.2, -0.15) is 0 Å². The Hall–Kier alpha value is -2.68. The van der Waals surface area contributed by atoms with Gasteiger partial charge in [0.25, 0.3) is 23.6 Å². The minimum atomic E-state index is -1.16. The molecule has 0 fully saturated rings. The van der Waals surface area contributed by atoms with Crippen LogP contribution in [0.1, 0.15) is 41.5 Å².